The molecule has 0 atom stereocenters. The van der Waals surface area contributed by atoms with Crippen molar-refractivity contribution >= 4 is 73.7 Å². The number of aryl methyl sites for hydroxylation is 1. The molecular weight excluding hydrogens is 679 g/mol. The predicted octanol–water partition coefficient (Wildman–Crippen LogP) is -6.43. The van der Waals surface area contributed by atoms with Gasteiger partial charge >= 0.3 is 88.7 Å². The fourth-order valence-corrected chi connectivity index (χ4v) is 4.95. The topological polar surface area (TPSA) is 241 Å². The van der Waals surface area contributed by atoms with Crippen molar-refractivity contribution in [1.29, 1.82) is 0 Å². The minimum absolute atomic E-state index is 0. The number of phenolic OH excluding ortho intramolecular Hbond substituents is 1. The van der Waals surface area contributed by atoms with Crippen molar-refractivity contribution < 1.29 is 150 Å². The van der Waals surface area contributed by atoms with Gasteiger partial charge in [-0.1, -0.05) is 0 Å². The molecule has 2 N–H and O–H groups in total. The van der Waals surface area contributed by atoms with Gasteiger partial charge in [0.05, 0.1) is 53.1 Å². The Morgan fingerprint density at radius 3 is 2.14 bits per heavy atom. The first-order chi connectivity index (χ1) is 19.4. The monoisotopic (exact) mass is 697 g/mol. The van der Waals surface area contributed by atoms with Gasteiger partial charge in [-0.2, -0.15) is 8.67 Å². The number of fused-ring (bicyclic) bond motifs is 1. The van der Waals surface area contributed by atoms with E-state index in [0.29, 0.717) is 22.5 Å². The molecule has 44 heavy (non-hydrogen) atoms. The van der Waals surface area contributed by atoms with Crippen molar-refractivity contribution in [1.82, 2.24) is 0 Å². The molecule has 0 heterocycles. The molecule has 220 valence electrons. The number of nitrogens with one attached hydrogen (secondary N) is 1. The zero-order chi connectivity index (χ0) is 30.3. The summed E-state index contributed by atoms with van der Waals surface area (Å²) in [6.07, 6.45) is -0.578. The van der Waals surface area contributed by atoms with E-state index in [1.165, 1.54) is 25.3 Å². The molecule has 0 saturated heterocycles. The van der Waals surface area contributed by atoms with Crippen LogP contribution >= 0.6 is 24.1 Å². The first-order valence-corrected chi connectivity index (χ1v) is 13.7. The number of benzene rings is 3. The third-order valence-electron chi connectivity index (χ3n) is 5.13. The molecule has 3 aromatic rings. The third-order valence-corrected chi connectivity index (χ3v) is 7.30. The molecule has 3 rings (SSSR count). The summed E-state index contributed by atoms with van der Waals surface area (Å²) < 4.78 is 49.3. The maximum Gasteiger partial charge on any atom is 1.00 e. The summed E-state index contributed by atoms with van der Waals surface area (Å²) >= 11 is 0.892. The molecule has 0 aliphatic heterocycles. The third kappa shape index (κ3) is 11.7. The Balaban J connectivity index is 0.00000616. The number of methoxy groups -OCH3 is 1. The molecule has 0 aliphatic rings. The molecule has 22 heteroatoms. The molecule has 16 nitrogen and oxygen atoms in total. The largest absolute Gasteiger partial charge is 1.00 e. The Morgan fingerprint density at radius 1 is 0.977 bits per heavy atom. The molecule has 3 aromatic carbocycles. The number of anilines is 1. The molecule has 0 aromatic heterocycles. The van der Waals surface area contributed by atoms with Crippen molar-refractivity contribution in [3.05, 3.63) is 35.9 Å². The average molecular weight is 698 g/mol. The van der Waals surface area contributed by atoms with Gasteiger partial charge in [0, 0.05) is 10.3 Å². The summed E-state index contributed by atoms with van der Waals surface area (Å²) in [5.74, 6) is -1.88. The van der Waals surface area contributed by atoms with E-state index >= 15 is 0 Å². The molecule has 0 radical (unpaired) electrons. The number of aromatic hydroxyl groups is 1. The number of rotatable bonds is 13. The van der Waals surface area contributed by atoms with E-state index in [9.17, 15) is 38.2 Å². The van der Waals surface area contributed by atoms with Gasteiger partial charge < -0.3 is 30.2 Å². The number of ketones is 1. The summed E-state index contributed by atoms with van der Waals surface area (Å²) in [6, 6.07) is 5.87. The number of hydrogen-bond donors (Lipinski definition) is 2. The van der Waals surface area contributed by atoms with Gasteiger partial charge in [0.25, 0.3) is 0 Å². The minimum atomic E-state index is -5.05. The Hall–Kier alpha value is -0.370. The van der Waals surface area contributed by atoms with Crippen LogP contribution in [0.5, 0.6) is 11.5 Å². The van der Waals surface area contributed by atoms with Crippen LogP contribution in [0.2, 0.25) is 0 Å². The number of hydrogen-bond acceptors (Lipinski definition) is 17. The van der Waals surface area contributed by atoms with Crippen molar-refractivity contribution in [3.63, 3.8) is 0 Å². The molecule has 0 spiro atoms. The first-order valence-electron chi connectivity index (χ1n) is 10.8. The zero-order valence-corrected chi connectivity index (χ0v) is 32.5. The quantitative estimate of drug-likeness (QED) is 0.0321. The number of phenols is 1. The summed E-state index contributed by atoms with van der Waals surface area (Å²) in [7, 11) is -3.72. The van der Waals surface area contributed by atoms with Crippen molar-refractivity contribution in [3.8, 4) is 11.5 Å². The number of ether oxygens (including phenoxy) is 1. The smallest absolute Gasteiger partial charge is 0.744 e. The normalized spacial score (nSPS) is 11.0. The van der Waals surface area contributed by atoms with E-state index in [1.54, 1.807) is 6.92 Å². The molecule has 0 saturated carbocycles. The molecule has 0 aliphatic carbocycles. The summed E-state index contributed by atoms with van der Waals surface area (Å²) in [5.41, 5.74) is 0.0336. The molecule has 0 bridgehead atoms. The number of carbonyl (C=O) groups excluding carboxylic acids is 2. The number of carbonyl (C=O) groups is 2. The number of nitrogens with zero attached hydrogens (tertiary/aromatic N) is 2. The maximum atomic E-state index is 12.3. The number of Topliss-reactive ketones (excluding diaryl/α,β-unsaturated/α-hetero) is 1. The van der Waals surface area contributed by atoms with Crippen LogP contribution in [-0.2, 0) is 38.5 Å². The van der Waals surface area contributed by atoms with E-state index in [2.05, 4.69) is 34.3 Å². The fraction of sp³-hybridized carbons (Fsp3) is 0.182. The number of azo groups is 1. The minimum Gasteiger partial charge on any atom is -0.744 e. The van der Waals surface area contributed by atoms with Crippen LogP contribution in [0, 0.1) is 6.92 Å². The van der Waals surface area contributed by atoms with E-state index in [1.807, 2.05) is 0 Å². The Kier molecular flexibility index (Phi) is 19.9. The van der Waals surface area contributed by atoms with Gasteiger partial charge in [-0.05, 0) is 55.1 Å². The van der Waals surface area contributed by atoms with Gasteiger partial charge in [-0.25, -0.2) is 8.42 Å². The van der Waals surface area contributed by atoms with Crippen LogP contribution in [0.4, 0.5) is 17.1 Å². The molecule has 1 amide bonds. The van der Waals surface area contributed by atoms with Crippen LogP contribution in [-0.4, -0.2) is 36.9 Å². The molecular formula is C22H18N3Na3O13S3. The Morgan fingerprint density at radius 2 is 1.59 bits per heavy atom. The first kappa shape index (κ1) is 43.6. The van der Waals surface area contributed by atoms with Crippen LogP contribution in [0.25, 0.3) is 10.8 Å². The van der Waals surface area contributed by atoms with Gasteiger partial charge in [-0.3, -0.25) is 19.7 Å². The predicted molar refractivity (Wildman–Crippen MR) is 135 cm³/mol. The van der Waals surface area contributed by atoms with Crippen molar-refractivity contribution in [2.24, 2.45) is 10.2 Å². The van der Waals surface area contributed by atoms with Crippen molar-refractivity contribution in [2.45, 2.75) is 35.0 Å². The summed E-state index contributed by atoms with van der Waals surface area (Å²) in [6.45, 7) is 2.81. The maximum absolute atomic E-state index is 12.3. The molecule has 0 fully saturated rings. The van der Waals surface area contributed by atoms with E-state index in [-0.39, 0.29) is 139 Å². The van der Waals surface area contributed by atoms with Gasteiger partial charge in [0.15, 0.2) is 5.75 Å². The summed E-state index contributed by atoms with van der Waals surface area (Å²) in [5, 5.41) is 48.8. The van der Waals surface area contributed by atoms with Crippen LogP contribution in [0.15, 0.2) is 55.2 Å². The van der Waals surface area contributed by atoms with Crippen LogP contribution in [0.3, 0.4) is 0 Å². The second-order valence-corrected chi connectivity index (χ2v) is 10.8. The average Bonchev–Trinajstić information content (AvgIpc) is 2.89. The molecule has 0 unspecified atom stereocenters. The van der Waals surface area contributed by atoms with Gasteiger partial charge in [0.2, 0.25) is 5.91 Å². The van der Waals surface area contributed by atoms with Crippen molar-refractivity contribution in [2.75, 3.05) is 12.4 Å². The van der Waals surface area contributed by atoms with E-state index in [4.69, 9.17) is 4.74 Å². The van der Waals surface area contributed by atoms with E-state index in [0.717, 1.165) is 19.1 Å². The standard InChI is InChI=1S/C22H21N3O13S3.3Na/c1-10-4-14(16(34-3)9-17(10)39-37-35-29)24-25-21-18(40-38-36-30)7-12-6-13(41(31,32)33)8-15(20(12)22(21)28)23-19(27)5-11(2)26;;;/h4,6-9,28-30H,5H2,1-3H3,(H,23,27)(H,31,32,33);;;/q;3*+1/p-3. The van der Waals surface area contributed by atoms with Crippen LogP contribution in [0.1, 0.15) is 18.9 Å². The fourth-order valence-electron chi connectivity index (χ4n) is 3.47. The Labute approximate surface area is 325 Å². The van der Waals surface area contributed by atoms with Gasteiger partial charge in [0.1, 0.15) is 33.0 Å². The van der Waals surface area contributed by atoms with Crippen LogP contribution < -0.4 is 109 Å². The second-order valence-electron chi connectivity index (χ2n) is 7.95. The van der Waals surface area contributed by atoms with E-state index < -0.39 is 38.9 Å². The Bertz CT molecular complexity index is 1630. The van der Waals surface area contributed by atoms with Gasteiger partial charge in [-0.15, -0.1) is 10.2 Å². The number of amides is 1. The second kappa shape index (κ2) is 20.1. The summed E-state index contributed by atoms with van der Waals surface area (Å²) in [4.78, 5) is 23.3. The SMILES string of the molecule is COc1cc(SOO[O-])c(C)cc1N=Nc1c(SOO[O-])cc2cc(S(=O)(=O)[O-])cc(NC(=O)CC(C)=O)c2c1O.[Na+].[Na+].[Na+]. The zero-order valence-electron chi connectivity index (χ0n) is 24.1.